The van der Waals surface area contributed by atoms with E-state index in [9.17, 15) is 0 Å². The van der Waals surface area contributed by atoms with Crippen molar-refractivity contribution >= 4 is 17.3 Å². The Morgan fingerprint density at radius 3 is 2.77 bits per heavy atom. The van der Waals surface area contributed by atoms with Crippen LogP contribution in [0.3, 0.4) is 0 Å². The number of aromatic nitrogens is 1. The molecule has 1 aliphatic carbocycles. The van der Waals surface area contributed by atoms with Crippen molar-refractivity contribution in [1.29, 1.82) is 0 Å². The van der Waals surface area contributed by atoms with Gasteiger partial charge in [-0.2, -0.15) is 0 Å². The molecule has 1 aromatic rings. The Bertz CT molecular complexity index is 577. The van der Waals surface area contributed by atoms with Gasteiger partial charge in [0.05, 0.1) is 17.2 Å². The normalized spacial score (nSPS) is 23.4. The number of aliphatic imine (C=N–C) groups is 1. The van der Waals surface area contributed by atoms with Gasteiger partial charge in [-0.3, -0.25) is 9.89 Å². The van der Waals surface area contributed by atoms with Crippen LogP contribution in [-0.4, -0.2) is 48.1 Å². The first kappa shape index (κ1) is 19.6. The van der Waals surface area contributed by atoms with Crippen LogP contribution in [0.5, 0.6) is 0 Å². The Kier molecular flexibility index (Phi) is 7.32. The molecule has 1 unspecified atom stereocenters. The SMILES string of the molecule is CN=C(NCc1csc(C(C)C)n1)NC1CCCN(C2CCCCC2)C1. The van der Waals surface area contributed by atoms with E-state index < -0.39 is 0 Å². The number of guanidine groups is 1. The largest absolute Gasteiger partial charge is 0.352 e. The molecule has 2 heterocycles. The maximum absolute atomic E-state index is 4.70. The zero-order valence-corrected chi connectivity index (χ0v) is 17.4. The first-order valence-corrected chi connectivity index (χ1v) is 11.2. The van der Waals surface area contributed by atoms with Gasteiger partial charge in [0.25, 0.3) is 0 Å². The highest BCUT2D eigenvalue weighted by Gasteiger charge is 2.27. The number of likely N-dealkylation sites (tertiary alicyclic amines) is 1. The molecule has 3 rings (SSSR count). The molecule has 0 amide bonds. The average Bonchev–Trinajstić information content (AvgIpc) is 3.15. The Morgan fingerprint density at radius 1 is 1.27 bits per heavy atom. The van der Waals surface area contributed by atoms with Gasteiger partial charge in [-0.15, -0.1) is 11.3 Å². The molecule has 146 valence electrons. The lowest BCUT2D eigenvalue weighted by molar-refractivity contribution is 0.115. The van der Waals surface area contributed by atoms with E-state index in [0.29, 0.717) is 12.0 Å². The number of nitrogens with one attached hydrogen (secondary N) is 2. The van der Waals surface area contributed by atoms with Crippen molar-refractivity contribution in [3.05, 3.63) is 16.1 Å². The predicted octanol–water partition coefficient (Wildman–Crippen LogP) is 3.73. The van der Waals surface area contributed by atoms with Gasteiger partial charge in [0, 0.05) is 37.0 Å². The molecule has 26 heavy (non-hydrogen) atoms. The summed E-state index contributed by atoms with van der Waals surface area (Å²) < 4.78 is 0. The highest BCUT2D eigenvalue weighted by Crippen LogP contribution is 2.25. The Balaban J connectivity index is 1.47. The number of thiazole rings is 1. The van der Waals surface area contributed by atoms with E-state index in [1.807, 2.05) is 7.05 Å². The van der Waals surface area contributed by atoms with Crippen LogP contribution in [-0.2, 0) is 6.54 Å². The zero-order chi connectivity index (χ0) is 18.4. The van der Waals surface area contributed by atoms with Gasteiger partial charge in [0.2, 0.25) is 0 Å². The van der Waals surface area contributed by atoms with Crippen molar-refractivity contribution in [3.63, 3.8) is 0 Å². The first-order valence-electron chi connectivity index (χ1n) is 10.3. The molecular weight excluding hydrogens is 342 g/mol. The van der Waals surface area contributed by atoms with Gasteiger partial charge in [-0.1, -0.05) is 33.1 Å². The van der Waals surface area contributed by atoms with Crippen LogP contribution >= 0.6 is 11.3 Å². The summed E-state index contributed by atoms with van der Waals surface area (Å²) >= 11 is 1.75. The molecule has 1 saturated carbocycles. The first-order chi connectivity index (χ1) is 12.7. The molecule has 1 atom stereocenters. The zero-order valence-electron chi connectivity index (χ0n) is 16.6. The Labute approximate surface area is 162 Å². The van der Waals surface area contributed by atoms with Crippen LogP contribution < -0.4 is 10.6 Å². The third-order valence-electron chi connectivity index (χ3n) is 5.61. The van der Waals surface area contributed by atoms with Crippen LogP contribution in [0.1, 0.15) is 75.4 Å². The van der Waals surface area contributed by atoms with Crippen LogP contribution in [0.15, 0.2) is 10.4 Å². The third-order valence-corrected chi connectivity index (χ3v) is 6.80. The van der Waals surface area contributed by atoms with E-state index in [0.717, 1.165) is 30.8 Å². The second-order valence-electron chi connectivity index (χ2n) is 8.03. The number of hydrogen-bond donors (Lipinski definition) is 2. The summed E-state index contributed by atoms with van der Waals surface area (Å²) in [6.07, 6.45) is 9.55. The minimum absolute atomic E-state index is 0.499. The van der Waals surface area contributed by atoms with Crippen molar-refractivity contribution < 1.29 is 0 Å². The number of hydrogen-bond acceptors (Lipinski definition) is 4. The fraction of sp³-hybridized carbons (Fsp3) is 0.800. The summed E-state index contributed by atoms with van der Waals surface area (Å²) in [6, 6.07) is 1.31. The average molecular weight is 378 g/mol. The molecule has 1 aromatic heterocycles. The molecule has 2 N–H and O–H groups in total. The Hall–Kier alpha value is -1.14. The van der Waals surface area contributed by atoms with Crippen molar-refractivity contribution in [2.24, 2.45) is 4.99 Å². The van der Waals surface area contributed by atoms with Gasteiger partial charge >= 0.3 is 0 Å². The molecular formula is C20H35N5S. The summed E-state index contributed by atoms with van der Waals surface area (Å²) in [6.45, 7) is 7.54. The molecule has 0 radical (unpaired) electrons. The van der Waals surface area contributed by atoms with Crippen molar-refractivity contribution in [2.75, 3.05) is 20.1 Å². The monoisotopic (exact) mass is 377 g/mol. The molecule has 2 aliphatic rings. The smallest absolute Gasteiger partial charge is 0.191 e. The lowest BCUT2D eigenvalue weighted by Gasteiger charge is -2.40. The summed E-state index contributed by atoms with van der Waals surface area (Å²) in [5, 5.41) is 10.5. The minimum Gasteiger partial charge on any atom is -0.352 e. The van der Waals surface area contributed by atoms with Gasteiger partial charge in [0.15, 0.2) is 5.96 Å². The maximum atomic E-state index is 4.70. The lowest BCUT2D eigenvalue weighted by atomic mass is 9.92. The topological polar surface area (TPSA) is 52.6 Å². The number of nitrogens with zero attached hydrogens (tertiary/aromatic N) is 3. The van der Waals surface area contributed by atoms with Crippen LogP contribution in [0, 0.1) is 0 Å². The van der Waals surface area contributed by atoms with Crippen LogP contribution in [0.25, 0.3) is 0 Å². The molecule has 1 saturated heterocycles. The second-order valence-corrected chi connectivity index (χ2v) is 8.92. The van der Waals surface area contributed by atoms with Crippen molar-refractivity contribution in [1.82, 2.24) is 20.5 Å². The van der Waals surface area contributed by atoms with Crippen LogP contribution in [0.4, 0.5) is 0 Å². The van der Waals surface area contributed by atoms with E-state index >= 15 is 0 Å². The maximum Gasteiger partial charge on any atom is 0.191 e. The third kappa shape index (κ3) is 5.43. The molecule has 1 aliphatic heterocycles. The second kappa shape index (κ2) is 9.70. The fourth-order valence-electron chi connectivity index (χ4n) is 4.13. The number of piperidine rings is 1. The van der Waals surface area contributed by atoms with Crippen molar-refractivity contribution in [3.8, 4) is 0 Å². The standard InChI is InChI=1S/C20H35N5S/c1-15(2)19-23-17(14-26-19)12-22-20(21-3)24-16-8-7-11-25(13-16)18-9-5-4-6-10-18/h14-16,18H,4-13H2,1-3H3,(H2,21,22,24). The molecule has 0 bridgehead atoms. The van der Waals surface area contributed by atoms with Gasteiger partial charge in [-0.05, 0) is 32.2 Å². The summed E-state index contributed by atoms with van der Waals surface area (Å²) in [5.74, 6) is 1.40. The summed E-state index contributed by atoms with van der Waals surface area (Å²) in [5.41, 5.74) is 1.11. The molecule has 6 heteroatoms. The van der Waals surface area contributed by atoms with Gasteiger partial charge in [-0.25, -0.2) is 4.98 Å². The molecule has 0 spiro atoms. The molecule has 2 fully saturated rings. The fourth-order valence-corrected chi connectivity index (χ4v) is 4.97. The van der Waals surface area contributed by atoms with Gasteiger partial charge < -0.3 is 10.6 Å². The number of rotatable bonds is 5. The van der Waals surface area contributed by atoms with E-state index in [1.54, 1.807) is 11.3 Å². The lowest BCUT2D eigenvalue weighted by Crippen LogP contribution is -2.53. The van der Waals surface area contributed by atoms with E-state index in [2.05, 4.69) is 39.8 Å². The van der Waals surface area contributed by atoms with Crippen LogP contribution in [0.2, 0.25) is 0 Å². The quantitative estimate of drug-likeness (QED) is 0.606. The Morgan fingerprint density at radius 2 is 2.08 bits per heavy atom. The van der Waals surface area contributed by atoms with E-state index in [4.69, 9.17) is 4.98 Å². The van der Waals surface area contributed by atoms with E-state index in [-0.39, 0.29) is 0 Å². The minimum atomic E-state index is 0.499. The van der Waals surface area contributed by atoms with E-state index in [1.165, 1.54) is 56.5 Å². The summed E-state index contributed by atoms with van der Waals surface area (Å²) in [4.78, 5) is 11.9. The van der Waals surface area contributed by atoms with Crippen molar-refractivity contribution in [2.45, 2.75) is 83.3 Å². The molecule has 0 aromatic carbocycles. The predicted molar refractivity (Wildman–Crippen MR) is 111 cm³/mol. The molecule has 5 nitrogen and oxygen atoms in total. The highest BCUT2D eigenvalue weighted by atomic mass is 32.1. The van der Waals surface area contributed by atoms with Gasteiger partial charge in [0.1, 0.15) is 0 Å². The highest BCUT2D eigenvalue weighted by molar-refractivity contribution is 7.09. The summed E-state index contributed by atoms with van der Waals surface area (Å²) in [7, 11) is 1.86.